The second-order valence-corrected chi connectivity index (χ2v) is 2.74. The number of rotatable bonds is 2. The maximum atomic E-state index is 3.11. The first-order chi connectivity index (χ1) is 4.70. The molecule has 0 saturated carbocycles. The molecule has 3 nitrogen and oxygen atoms in total. The lowest BCUT2D eigenvalue weighted by Gasteiger charge is -2.24. The molecule has 1 radical (unpaired) electrons. The predicted molar refractivity (Wildman–Crippen MR) is 41.6 cm³/mol. The SMILES string of the molecule is C[C]1NC=CN1CN(C)C. The van der Waals surface area contributed by atoms with Gasteiger partial charge in [-0.3, -0.25) is 4.90 Å². The maximum absolute atomic E-state index is 3.11. The topological polar surface area (TPSA) is 18.5 Å². The van der Waals surface area contributed by atoms with Gasteiger partial charge in [-0.15, -0.1) is 0 Å². The third-order valence-electron chi connectivity index (χ3n) is 1.41. The van der Waals surface area contributed by atoms with E-state index in [9.17, 15) is 0 Å². The molecular weight excluding hydrogens is 126 g/mol. The van der Waals surface area contributed by atoms with Gasteiger partial charge >= 0.3 is 0 Å². The molecule has 0 atom stereocenters. The van der Waals surface area contributed by atoms with Crippen molar-refractivity contribution >= 4 is 0 Å². The molecule has 57 valence electrons. The molecule has 0 fully saturated rings. The summed E-state index contributed by atoms with van der Waals surface area (Å²) in [6.45, 7) is 3.00. The van der Waals surface area contributed by atoms with Crippen molar-refractivity contribution in [1.29, 1.82) is 0 Å². The summed E-state index contributed by atoms with van der Waals surface area (Å²) in [5.41, 5.74) is 0. The highest BCUT2D eigenvalue weighted by atomic mass is 15.4. The Labute approximate surface area is 62.3 Å². The zero-order chi connectivity index (χ0) is 7.56. The van der Waals surface area contributed by atoms with E-state index in [-0.39, 0.29) is 0 Å². The maximum Gasteiger partial charge on any atom is 0.150 e. The van der Waals surface area contributed by atoms with E-state index in [0.29, 0.717) is 0 Å². The third kappa shape index (κ3) is 1.64. The van der Waals surface area contributed by atoms with E-state index < -0.39 is 0 Å². The monoisotopic (exact) mass is 140 g/mol. The van der Waals surface area contributed by atoms with Crippen molar-refractivity contribution in [3.63, 3.8) is 0 Å². The number of nitrogens with zero attached hydrogens (tertiary/aromatic N) is 2. The third-order valence-corrected chi connectivity index (χ3v) is 1.41. The van der Waals surface area contributed by atoms with E-state index in [2.05, 4.69) is 36.1 Å². The van der Waals surface area contributed by atoms with Gasteiger partial charge in [-0.05, 0) is 21.0 Å². The first-order valence-electron chi connectivity index (χ1n) is 3.38. The molecule has 0 aromatic rings. The summed E-state index contributed by atoms with van der Waals surface area (Å²) in [6.07, 6.45) is 5.17. The molecule has 1 heterocycles. The van der Waals surface area contributed by atoms with Crippen LogP contribution in [0.3, 0.4) is 0 Å². The van der Waals surface area contributed by atoms with Crippen molar-refractivity contribution in [1.82, 2.24) is 15.1 Å². The van der Waals surface area contributed by atoms with Crippen LogP contribution in [0.5, 0.6) is 0 Å². The average Bonchev–Trinajstić information content (AvgIpc) is 2.15. The summed E-state index contributed by atoms with van der Waals surface area (Å²) >= 11 is 0. The normalized spacial score (nSPS) is 18.6. The molecule has 1 rings (SSSR count). The Bertz CT molecular complexity index is 131. The van der Waals surface area contributed by atoms with Crippen molar-refractivity contribution < 1.29 is 0 Å². The van der Waals surface area contributed by atoms with Crippen LogP contribution in [-0.4, -0.2) is 30.6 Å². The van der Waals surface area contributed by atoms with Crippen LogP contribution < -0.4 is 5.32 Å². The van der Waals surface area contributed by atoms with Crippen molar-refractivity contribution in [3.05, 3.63) is 18.6 Å². The fraction of sp³-hybridized carbons (Fsp3) is 0.571. The van der Waals surface area contributed by atoms with Gasteiger partial charge in [0.1, 0.15) is 0 Å². The Kier molecular flexibility index (Phi) is 2.17. The fourth-order valence-electron chi connectivity index (χ4n) is 0.900. The number of hydrogen-bond donors (Lipinski definition) is 1. The molecule has 0 unspecified atom stereocenters. The predicted octanol–water partition coefficient (Wildman–Crippen LogP) is 0.391. The molecule has 0 aromatic heterocycles. The smallest absolute Gasteiger partial charge is 0.150 e. The lowest BCUT2D eigenvalue weighted by Crippen LogP contribution is -2.32. The van der Waals surface area contributed by atoms with Gasteiger partial charge in [-0.25, -0.2) is 0 Å². The Morgan fingerprint density at radius 1 is 1.60 bits per heavy atom. The zero-order valence-electron chi connectivity index (χ0n) is 6.76. The first-order valence-corrected chi connectivity index (χ1v) is 3.38. The van der Waals surface area contributed by atoms with Gasteiger partial charge in [-0.2, -0.15) is 0 Å². The minimum absolute atomic E-state index is 0.940. The van der Waals surface area contributed by atoms with Crippen molar-refractivity contribution in [3.8, 4) is 0 Å². The number of nitrogens with one attached hydrogen (secondary N) is 1. The lowest BCUT2D eigenvalue weighted by atomic mass is 10.5. The largest absolute Gasteiger partial charge is 0.364 e. The molecule has 10 heavy (non-hydrogen) atoms. The van der Waals surface area contributed by atoms with Gasteiger partial charge in [0.15, 0.2) is 6.17 Å². The molecule has 0 aromatic carbocycles. The molecular formula is C7H14N3. The minimum Gasteiger partial charge on any atom is -0.364 e. The molecule has 0 bridgehead atoms. The van der Waals surface area contributed by atoms with Crippen LogP contribution in [0.25, 0.3) is 0 Å². The first kappa shape index (κ1) is 7.41. The van der Waals surface area contributed by atoms with Gasteiger partial charge < -0.3 is 10.2 Å². The van der Waals surface area contributed by atoms with Crippen molar-refractivity contribution in [2.24, 2.45) is 0 Å². The van der Waals surface area contributed by atoms with Crippen LogP contribution in [0.4, 0.5) is 0 Å². The van der Waals surface area contributed by atoms with Crippen LogP contribution in [0.2, 0.25) is 0 Å². The van der Waals surface area contributed by atoms with Crippen LogP contribution in [0, 0.1) is 6.17 Å². The Morgan fingerprint density at radius 2 is 2.30 bits per heavy atom. The second-order valence-electron chi connectivity index (χ2n) is 2.74. The molecule has 1 aliphatic rings. The number of hydrogen-bond acceptors (Lipinski definition) is 3. The highest BCUT2D eigenvalue weighted by Crippen LogP contribution is 2.09. The van der Waals surface area contributed by atoms with E-state index in [1.807, 2.05) is 12.4 Å². The van der Waals surface area contributed by atoms with Crippen molar-refractivity contribution in [2.75, 3.05) is 20.8 Å². The highest BCUT2D eigenvalue weighted by molar-refractivity contribution is 5.01. The second kappa shape index (κ2) is 2.92. The zero-order valence-corrected chi connectivity index (χ0v) is 6.76. The average molecular weight is 140 g/mol. The van der Waals surface area contributed by atoms with E-state index >= 15 is 0 Å². The molecule has 0 saturated heterocycles. The van der Waals surface area contributed by atoms with Gasteiger partial charge in [-0.1, -0.05) is 0 Å². The summed E-state index contributed by atoms with van der Waals surface area (Å²) in [6, 6.07) is 0. The van der Waals surface area contributed by atoms with Gasteiger partial charge in [0, 0.05) is 12.4 Å². The van der Waals surface area contributed by atoms with Crippen LogP contribution in [0.15, 0.2) is 12.4 Å². The molecule has 0 aliphatic carbocycles. The summed E-state index contributed by atoms with van der Waals surface area (Å²) in [7, 11) is 4.11. The quantitative estimate of drug-likeness (QED) is 0.598. The molecule has 1 aliphatic heterocycles. The summed E-state index contributed by atoms with van der Waals surface area (Å²) < 4.78 is 0. The van der Waals surface area contributed by atoms with Crippen LogP contribution >= 0.6 is 0 Å². The standard InChI is InChI=1S/C7H14N3/c1-7-8-4-5-10(7)6-9(2)3/h4-5,8H,6H2,1-3H3. The van der Waals surface area contributed by atoms with Gasteiger partial charge in [0.05, 0.1) is 6.67 Å². The van der Waals surface area contributed by atoms with E-state index in [4.69, 9.17) is 0 Å². The molecule has 0 amide bonds. The summed E-state index contributed by atoms with van der Waals surface area (Å²) in [5, 5.41) is 3.11. The minimum atomic E-state index is 0.940. The Hall–Kier alpha value is -0.700. The summed E-state index contributed by atoms with van der Waals surface area (Å²) in [4.78, 5) is 4.28. The lowest BCUT2D eigenvalue weighted by molar-refractivity contribution is 0.245. The molecule has 1 N–H and O–H groups in total. The van der Waals surface area contributed by atoms with Crippen LogP contribution in [-0.2, 0) is 0 Å². The van der Waals surface area contributed by atoms with Crippen LogP contribution in [0.1, 0.15) is 6.92 Å². The fourth-order valence-corrected chi connectivity index (χ4v) is 0.900. The van der Waals surface area contributed by atoms with Gasteiger partial charge in [0.2, 0.25) is 0 Å². The molecule has 0 spiro atoms. The van der Waals surface area contributed by atoms with E-state index in [0.717, 1.165) is 6.67 Å². The molecule has 3 heteroatoms. The van der Waals surface area contributed by atoms with E-state index in [1.165, 1.54) is 6.17 Å². The summed E-state index contributed by atoms with van der Waals surface area (Å²) in [5.74, 6) is 0. The Balaban J connectivity index is 2.33. The van der Waals surface area contributed by atoms with Gasteiger partial charge in [0.25, 0.3) is 0 Å². The Morgan fingerprint density at radius 3 is 2.70 bits per heavy atom. The van der Waals surface area contributed by atoms with Crippen molar-refractivity contribution in [2.45, 2.75) is 6.92 Å². The van der Waals surface area contributed by atoms with E-state index in [1.54, 1.807) is 0 Å². The highest BCUT2D eigenvalue weighted by Gasteiger charge is 2.13.